The van der Waals surface area contributed by atoms with Crippen LogP contribution in [0.3, 0.4) is 0 Å². The zero-order chi connectivity index (χ0) is 18.3. The van der Waals surface area contributed by atoms with Crippen LogP contribution in [0.15, 0.2) is 23.1 Å². The quantitative estimate of drug-likeness (QED) is 0.288. The summed E-state index contributed by atoms with van der Waals surface area (Å²) in [6, 6.07) is 1.81. The van der Waals surface area contributed by atoms with E-state index < -0.39 is 33.7 Å². The van der Waals surface area contributed by atoms with Crippen molar-refractivity contribution in [1.29, 1.82) is 0 Å². The third-order valence-electron chi connectivity index (χ3n) is 3.10. The molecule has 0 aliphatic heterocycles. The molecule has 0 heterocycles. The summed E-state index contributed by atoms with van der Waals surface area (Å²) >= 11 is 0. The highest BCUT2D eigenvalue weighted by Crippen LogP contribution is 2.15. The van der Waals surface area contributed by atoms with Crippen molar-refractivity contribution >= 4 is 21.8 Å². The second-order valence-electron chi connectivity index (χ2n) is 4.90. The lowest BCUT2D eigenvalue weighted by molar-refractivity contribution is -0.131. The Balaban J connectivity index is 2.89. The zero-order valence-electron chi connectivity index (χ0n) is 12.9. The summed E-state index contributed by atoms with van der Waals surface area (Å²) in [5.74, 6) is -2.04. The first-order chi connectivity index (χ1) is 11.2. The highest BCUT2D eigenvalue weighted by atomic mass is 32.2. The maximum absolute atomic E-state index is 13.2. The molecule has 24 heavy (non-hydrogen) atoms. The highest BCUT2D eigenvalue weighted by molar-refractivity contribution is 7.89. The molecule has 1 atom stereocenters. The van der Waals surface area contributed by atoms with Crippen molar-refractivity contribution in [2.75, 3.05) is 13.1 Å². The molecule has 0 aromatic heterocycles. The lowest BCUT2D eigenvalue weighted by atomic mass is 10.2. The average molecular weight is 362 g/mol. The van der Waals surface area contributed by atoms with Crippen molar-refractivity contribution in [2.24, 2.45) is 5.73 Å². The number of carbonyl (C=O) groups excluding carboxylic acids is 2. The summed E-state index contributed by atoms with van der Waals surface area (Å²) in [7, 11) is -4.14. The van der Waals surface area contributed by atoms with E-state index in [9.17, 15) is 22.4 Å². The number of sulfonamides is 1. The van der Waals surface area contributed by atoms with Gasteiger partial charge < -0.3 is 11.1 Å². The molecule has 6 N–H and O–H groups in total. The molecule has 0 unspecified atom stereocenters. The number of rotatable bonds is 8. The Morgan fingerprint density at radius 3 is 2.58 bits per heavy atom. The van der Waals surface area contributed by atoms with Gasteiger partial charge in [-0.1, -0.05) is 0 Å². The van der Waals surface area contributed by atoms with E-state index in [1.807, 2.05) is 0 Å². The molecule has 0 aliphatic carbocycles. The predicted octanol–water partition coefficient (Wildman–Crippen LogP) is -1.25. The molecule has 1 aromatic rings. The van der Waals surface area contributed by atoms with Crippen LogP contribution in [0.2, 0.25) is 0 Å². The molecule has 0 bridgehead atoms. The van der Waals surface area contributed by atoms with Gasteiger partial charge in [0.25, 0.3) is 5.91 Å². The predicted molar refractivity (Wildman–Crippen MR) is 81.9 cm³/mol. The van der Waals surface area contributed by atoms with Crippen molar-refractivity contribution in [2.45, 2.75) is 24.3 Å². The number of hydroxylamine groups is 1. The third-order valence-corrected chi connectivity index (χ3v) is 4.57. The molecule has 0 spiro atoms. The van der Waals surface area contributed by atoms with E-state index >= 15 is 0 Å². The standard InChI is InChI=1S/C13H19FN4O5S/c1-8-6-9(2-3-10(8)14)24(22,23)18-11(13(20)17-21)4-5-16-12(19)7-15/h2-3,6,11,18,21H,4-5,7,15H2,1H3,(H,16,19)(H,17,20)/t11-/m1/s1. The van der Waals surface area contributed by atoms with Gasteiger partial charge in [-0.3, -0.25) is 14.8 Å². The van der Waals surface area contributed by atoms with E-state index in [2.05, 4.69) is 10.0 Å². The minimum absolute atomic E-state index is 0.0426. The first-order valence-electron chi connectivity index (χ1n) is 6.90. The topological polar surface area (TPSA) is 151 Å². The molecule has 0 aliphatic rings. The van der Waals surface area contributed by atoms with E-state index in [0.717, 1.165) is 18.2 Å². The molecule has 134 valence electrons. The fourth-order valence-electron chi connectivity index (χ4n) is 1.79. The number of hydrogen-bond donors (Lipinski definition) is 5. The van der Waals surface area contributed by atoms with Crippen LogP contribution in [0, 0.1) is 12.7 Å². The van der Waals surface area contributed by atoms with E-state index in [0.29, 0.717) is 0 Å². The van der Waals surface area contributed by atoms with Gasteiger partial charge in [0.2, 0.25) is 15.9 Å². The maximum Gasteiger partial charge on any atom is 0.261 e. The van der Waals surface area contributed by atoms with Crippen LogP contribution in [0.5, 0.6) is 0 Å². The van der Waals surface area contributed by atoms with Crippen LogP contribution in [-0.4, -0.2) is 44.6 Å². The number of benzene rings is 1. The van der Waals surface area contributed by atoms with Crippen LogP contribution in [0.4, 0.5) is 4.39 Å². The molecule has 11 heteroatoms. The Kier molecular flexibility index (Phi) is 7.22. The summed E-state index contributed by atoms with van der Waals surface area (Å²) in [6.45, 7) is 1.10. The normalized spacial score (nSPS) is 12.5. The van der Waals surface area contributed by atoms with Crippen LogP contribution < -0.4 is 21.3 Å². The first-order valence-corrected chi connectivity index (χ1v) is 8.38. The third kappa shape index (κ3) is 5.53. The highest BCUT2D eigenvalue weighted by Gasteiger charge is 2.25. The van der Waals surface area contributed by atoms with Crippen LogP contribution in [0.25, 0.3) is 0 Å². The summed E-state index contributed by atoms with van der Waals surface area (Å²) in [5.41, 5.74) is 6.58. The van der Waals surface area contributed by atoms with Crippen molar-refractivity contribution in [3.05, 3.63) is 29.6 Å². The Morgan fingerprint density at radius 2 is 2.04 bits per heavy atom. The van der Waals surface area contributed by atoms with Gasteiger partial charge in [0.15, 0.2) is 0 Å². The summed E-state index contributed by atoms with van der Waals surface area (Å²) in [6.07, 6.45) is -0.127. The molecule has 9 nitrogen and oxygen atoms in total. The van der Waals surface area contributed by atoms with Crippen LogP contribution in [0.1, 0.15) is 12.0 Å². The molecule has 0 saturated carbocycles. The second-order valence-corrected chi connectivity index (χ2v) is 6.62. The van der Waals surface area contributed by atoms with Gasteiger partial charge in [-0.15, -0.1) is 0 Å². The van der Waals surface area contributed by atoms with Crippen molar-refractivity contribution in [1.82, 2.24) is 15.5 Å². The van der Waals surface area contributed by atoms with Crippen molar-refractivity contribution in [3.63, 3.8) is 0 Å². The Morgan fingerprint density at radius 1 is 1.38 bits per heavy atom. The monoisotopic (exact) mass is 362 g/mol. The molecular formula is C13H19FN4O5S. The van der Waals surface area contributed by atoms with Gasteiger partial charge in [0.1, 0.15) is 11.9 Å². The molecular weight excluding hydrogens is 343 g/mol. The van der Waals surface area contributed by atoms with Crippen LogP contribution in [-0.2, 0) is 19.6 Å². The number of nitrogens with two attached hydrogens (primary N) is 1. The molecule has 1 aromatic carbocycles. The first kappa shape index (κ1) is 20.0. The van der Waals surface area contributed by atoms with E-state index in [1.54, 1.807) is 0 Å². The smallest absolute Gasteiger partial charge is 0.261 e. The number of aryl methyl sites for hydroxylation is 1. The maximum atomic E-state index is 13.2. The lowest BCUT2D eigenvalue weighted by Crippen LogP contribution is -2.47. The minimum atomic E-state index is -4.14. The average Bonchev–Trinajstić information content (AvgIpc) is 2.55. The van der Waals surface area contributed by atoms with Gasteiger partial charge >= 0.3 is 0 Å². The number of nitrogens with one attached hydrogen (secondary N) is 3. The van der Waals surface area contributed by atoms with Gasteiger partial charge in [-0.2, -0.15) is 4.72 Å². The van der Waals surface area contributed by atoms with E-state index in [4.69, 9.17) is 10.9 Å². The Hall–Kier alpha value is -2.08. The summed E-state index contributed by atoms with van der Waals surface area (Å²) in [5, 5.41) is 11.1. The molecule has 2 amide bonds. The van der Waals surface area contributed by atoms with Crippen molar-refractivity contribution in [3.8, 4) is 0 Å². The number of hydrogen-bond acceptors (Lipinski definition) is 6. The number of halogens is 1. The van der Waals surface area contributed by atoms with Gasteiger partial charge in [-0.25, -0.2) is 18.3 Å². The van der Waals surface area contributed by atoms with Gasteiger partial charge in [0, 0.05) is 6.54 Å². The fourth-order valence-corrected chi connectivity index (χ4v) is 3.10. The molecule has 0 radical (unpaired) electrons. The SMILES string of the molecule is Cc1cc(S(=O)(=O)N[C@H](CCNC(=O)CN)C(=O)NO)ccc1F. The number of carbonyl (C=O) groups is 2. The largest absolute Gasteiger partial charge is 0.355 e. The molecule has 0 saturated heterocycles. The molecule has 0 fully saturated rings. The lowest BCUT2D eigenvalue weighted by Gasteiger charge is -2.17. The summed E-state index contributed by atoms with van der Waals surface area (Å²) < 4.78 is 39.9. The fraction of sp³-hybridized carbons (Fsp3) is 0.385. The molecule has 1 rings (SSSR count). The summed E-state index contributed by atoms with van der Waals surface area (Å²) in [4.78, 5) is 22.4. The van der Waals surface area contributed by atoms with E-state index in [1.165, 1.54) is 12.4 Å². The van der Waals surface area contributed by atoms with Gasteiger partial charge in [0.05, 0.1) is 11.4 Å². The number of amides is 2. The second kappa shape index (κ2) is 8.68. The minimum Gasteiger partial charge on any atom is -0.355 e. The van der Waals surface area contributed by atoms with Crippen molar-refractivity contribution < 1.29 is 27.6 Å². The Labute approximate surface area is 138 Å². The van der Waals surface area contributed by atoms with Crippen LogP contribution >= 0.6 is 0 Å². The Bertz CT molecular complexity index is 710. The van der Waals surface area contributed by atoms with E-state index in [-0.39, 0.29) is 30.0 Å². The zero-order valence-corrected chi connectivity index (χ0v) is 13.7. The van der Waals surface area contributed by atoms with Gasteiger partial charge in [-0.05, 0) is 37.1 Å².